The third-order valence-corrected chi connectivity index (χ3v) is 4.56. The number of pyridine rings is 1. The van der Waals surface area contributed by atoms with Gasteiger partial charge < -0.3 is 0 Å². The van der Waals surface area contributed by atoms with Crippen molar-refractivity contribution >= 4 is 37.2 Å². The normalized spacial score (nSPS) is 10.9. The number of fused-ring (bicyclic) bond motifs is 2. The molecular weight excluding hydrogens is 276 g/mol. The molecule has 2 heterocycles. The molecule has 0 N–H and O–H groups in total. The van der Waals surface area contributed by atoms with Gasteiger partial charge in [-0.3, -0.25) is 4.98 Å². The zero-order valence-electron chi connectivity index (χ0n) is 11.2. The molecule has 0 bridgehead atoms. The van der Waals surface area contributed by atoms with E-state index in [4.69, 9.17) is 4.99 Å². The molecule has 0 fully saturated rings. The van der Waals surface area contributed by atoms with Crippen molar-refractivity contribution < 1.29 is 0 Å². The molecule has 2 nitrogen and oxygen atoms in total. The fourth-order valence-corrected chi connectivity index (χ4v) is 3.51. The molecule has 4 rings (SSSR count). The first kappa shape index (κ1) is 12.2. The summed E-state index contributed by atoms with van der Waals surface area (Å²) in [7, 11) is 0. The minimum atomic E-state index is 0.927. The predicted molar refractivity (Wildman–Crippen MR) is 88.8 cm³/mol. The number of aromatic nitrogens is 1. The van der Waals surface area contributed by atoms with Crippen molar-refractivity contribution in [1.29, 1.82) is 0 Å². The molecule has 0 aliphatic heterocycles. The van der Waals surface area contributed by atoms with Gasteiger partial charge in [0.2, 0.25) is 0 Å². The number of hydrogen-bond acceptors (Lipinski definition) is 3. The van der Waals surface area contributed by atoms with E-state index in [0.29, 0.717) is 0 Å². The summed E-state index contributed by atoms with van der Waals surface area (Å²) >= 11 is 1.80. The highest BCUT2D eigenvalue weighted by molar-refractivity contribution is 7.24. The zero-order valence-corrected chi connectivity index (χ0v) is 12.0. The molecule has 0 saturated heterocycles. The summed E-state index contributed by atoms with van der Waals surface area (Å²) in [5.41, 5.74) is 0.927. The lowest BCUT2D eigenvalue weighted by Crippen LogP contribution is -2.03. The summed E-state index contributed by atoms with van der Waals surface area (Å²) in [5, 5.41) is 3.42. The smallest absolute Gasteiger partial charge is 0.0809 e. The summed E-state index contributed by atoms with van der Waals surface area (Å²) < 4.78 is 2.51. The van der Waals surface area contributed by atoms with Crippen LogP contribution in [0.4, 0.5) is 5.69 Å². The van der Waals surface area contributed by atoms with Crippen LogP contribution in [0.5, 0.6) is 0 Å². The van der Waals surface area contributed by atoms with Crippen LogP contribution >= 0.6 is 11.3 Å². The van der Waals surface area contributed by atoms with Crippen molar-refractivity contribution in [3.05, 3.63) is 78.4 Å². The maximum absolute atomic E-state index is 4.86. The lowest BCUT2D eigenvalue weighted by molar-refractivity contribution is 1.29. The van der Waals surface area contributed by atoms with Crippen LogP contribution in [0, 0.1) is 0 Å². The van der Waals surface area contributed by atoms with Crippen molar-refractivity contribution in [3.63, 3.8) is 0 Å². The van der Waals surface area contributed by atoms with Crippen molar-refractivity contribution in [2.24, 2.45) is 4.99 Å². The second-order valence-corrected chi connectivity index (χ2v) is 5.84. The van der Waals surface area contributed by atoms with E-state index in [1.54, 1.807) is 23.7 Å². The average molecular weight is 288 g/mol. The molecule has 0 aliphatic carbocycles. The number of hydrogen-bond donors (Lipinski definition) is 0. The molecule has 100 valence electrons. The Morgan fingerprint density at radius 1 is 0.714 bits per heavy atom. The molecule has 0 saturated carbocycles. The van der Waals surface area contributed by atoms with Gasteiger partial charge in [-0.25, -0.2) is 4.99 Å². The van der Waals surface area contributed by atoms with Gasteiger partial charge in [0.15, 0.2) is 0 Å². The van der Waals surface area contributed by atoms with E-state index >= 15 is 0 Å². The van der Waals surface area contributed by atoms with Crippen LogP contribution < -0.4 is 5.36 Å². The minimum Gasteiger partial charge on any atom is -0.265 e. The van der Waals surface area contributed by atoms with E-state index in [9.17, 15) is 0 Å². The molecule has 21 heavy (non-hydrogen) atoms. The summed E-state index contributed by atoms with van der Waals surface area (Å²) in [6.07, 6.45) is 3.55. The monoisotopic (exact) mass is 288 g/mol. The summed E-state index contributed by atoms with van der Waals surface area (Å²) in [4.78, 5) is 8.92. The zero-order chi connectivity index (χ0) is 14.1. The molecule has 0 radical (unpaired) electrons. The van der Waals surface area contributed by atoms with Gasteiger partial charge in [0.25, 0.3) is 0 Å². The lowest BCUT2D eigenvalue weighted by atomic mass is 10.2. The molecule has 4 aromatic rings. The van der Waals surface area contributed by atoms with Gasteiger partial charge in [0.1, 0.15) is 0 Å². The quantitative estimate of drug-likeness (QED) is 0.467. The van der Waals surface area contributed by atoms with Crippen molar-refractivity contribution in [3.8, 4) is 0 Å². The van der Waals surface area contributed by atoms with E-state index < -0.39 is 0 Å². The van der Waals surface area contributed by atoms with Gasteiger partial charge in [-0.05, 0) is 24.3 Å². The predicted octanol–water partition coefficient (Wildman–Crippen LogP) is 4.68. The topological polar surface area (TPSA) is 25.2 Å². The Balaban J connectivity index is 2.20. The van der Waals surface area contributed by atoms with Gasteiger partial charge >= 0.3 is 0 Å². The molecule has 0 spiro atoms. The molecule has 0 amide bonds. The van der Waals surface area contributed by atoms with E-state index in [1.807, 2.05) is 12.1 Å². The standard InChI is InChI=1S/C18H12N2S/c1-3-7-16-14(5-1)18(20-13-9-11-19-12-10-13)15-6-2-4-8-17(15)21-16/h1-12H. The summed E-state index contributed by atoms with van der Waals surface area (Å²) in [5.74, 6) is 0. The first-order valence-corrected chi connectivity index (χ1v) is 7.59. The first-order chi connectivity index (χ1) is 10.4. The Morgan fingerprint density at radius 2 is 1.29 bits per heavy atom. The van der Waals surface area contributed by atoms with Crippen LogP contribution in [0.2, 0.25) is 0 Å². The van der Waals surface area contributed by atoms with E-state index in [-0.39, 0.29) is 0 Å². The first-order valence-electron chi connectivity index (χ1n) is 6.77. The number of rotatable bonds is 1. The van der Waals surface area contributed by atoms with Gasteiger partial charge in [-0.1, -0.05) is 36.4 Å². The Hall–Kier alpha value is -2.52. The van der Waals surface area contributed by atoms with Crippen LogP contribution in [-0.4, -0.2) is 4.98 Å². The summed E-state index contributed by atoms with van der Waals surface area (Å²) in [6, 6.07) is 20.7. The number of benzene rings is 2. The third kappa shape index (κ3) is 2.22. The Labute approximate surface area is 126 Å². The van der Waals surface area contributed by atoms with Crippen LogP contribution in [-0.2, 0) is 0 Å². The highest BCUT2D eigenvalue weighted by Gasteiger charge is 2.03. The van der Waals surface area contributed by atoms with E-state index in [1.165, 1.54) is 20.2 Å². The second-order valence-electron chi connectivity index (χ2n) is 4.76. The minimum absolute atomic E-state index is 0.927. The largest absolute Gasteiger partial charge is 0.265 e. The second kappa shape index (κ2) is 5.11. The molecule has 2 aromatic heterocycles. The van der Waals surface area contributed by atoms with Gasteiger partial charge in [0, 0.05) is 32.6 Å². The lowest BCUT2D eigenvalue weighted by Gasteiger charge is -2.03. The van der Waals surface area contributed by atoms with Gasteiger partial charge in [-0.15, -0.1) is 11.3 Å². The van der Waals surface area contributed by atoms with Crippen LogP contribution in [0.15, 0.2) is 78.0 Å². The van der Waals surface area contributed by atoms with Crippen LogP contribution in [0.3, 0.4) is 0 Å². The molecule has 0 atom stereocenters. The Kier molecular flexibility index (Phi) is 2.98. The molecule has 0 aliphatic rings. The van der Waals surface area contributed by atoms with Crippen molar-refractivity contribution in [2.45, 2.75) is 0 Å². The summed E-state index contributed by atoms with van der Waals surface area (Å²) in [6.45, 7) is 0. The Morgan fingerprint density at radius 3 is 1.90 bits per heavy atom. The van der Waals surface area contributed by atoms with Gasteiger partial charge in [-0.2, -0.15) is 0 Å². The number of nitrogens with zero attached hydrogens (tertiary/aromatic N) is 2. The third-order valence-electron chi connectivity index (χ3n) is 3.41. The highest BCUT2D eigenvalue weighted by atomic mass is 32.1. The maximum atomic E-state index is 4.86. The fraction of sp³-hybridized carbons (Fsp3) is 0. The molecule has 0 unspecified atom stereocenters. The SMILES string of the molecule is c1ccc2c(=Nc3ccncc3)c3ccccc3sc2c1. The highest BCUT2D eigenvalue weighted by Crippen LogP contribution is 2.24. The van der Waals surface area contributed by atoms with Crippen LogP contribution in [0.1, 0.15) is 0 Å². The molecule has 3 heteroatoms. The maximum Gasteiger partial charge on any atom is 0.0809 e. The molecular formula is C18H12N2S. The molecule has 2 aromatic carbocycles. The van der Waals surface area contributed by atoms with Gasteiger partial charge in [0.05, 0.1) is 11.0 Å². The van der Waals surface area contributed by atoms with Crippen molar-refractivity contribution in [2.75, 3.05) is 0 Å². The van der Waals surface area contributed by atoms with E-state index in [0.717, 1.165) is 11.0 Å². The van der Waals surface area contributed by atoms with Crippen molar-refractivity contribution in [1.82, 2.24) is 4.98 Å². The fourth-order valence-electron chi connectivity index (χ4n) is 2.43. The van der Waals surface area contributed by atoms with E-state index in [2.05, 4.69) is 53.5 Å². The van der Waals surface area contributed by atoms with Crippen LogP contribution in [0.25, 0.3) is 20.2 Å². The average Bonchev–Trinajstić information content (AvgIpc) is 2.55. The Bertz CT molecular complexity index is 931.